The Morgan fingerprint density at radius 1 is 1.22 bits per heavy atom. The van der Waals surface area contributed by atoms with E-state index in [9.17, 15) is 5.11 Å². The van der Waals surface area contributed by atoms with Gasteiger partial charge in [-0.25, -0.2) is 0 Å². The van der Waals surface area contributed by atoms with E-state index < -0.39 is 0 Å². The molecule has 0 unspecified atom stereocenters. The zero-order valence-electron chi connectivity index (χ0n) is 13.3. The number of piperidine rings is 1. The third-order valence-corrected chi connectivity index (χ3v) is 5.05. The second-order valence-electron chi connectivity index (χ2n) is 6.19. The van der Waals surface area contributed by atoms with Crippen molar-refractivity contribution in [1.82, 2.24) is 10.6 Å². The predicted molar refractivity (Wildman–Crippen MR) is 102 cm³/mol. The van der Waals surface area contributed by atoms with Gasteiger partial charge >= 0.3 is 0 Å². The van der Waals surface area contributed by atoms with Crippen LogP contribution in [0, 0.1) is 6.92 Å². The van der Waals surface area contributed by atoms with Gasteiger partial charge < -0.3 is 20.6 Å². The highest BCUT2D eigenvalue weighted by Crippen LogP contribution is 2.25. The molecule has 2 aliphatic heterocycles. The molecular formula is C16H26Cl3N3O. The number of aliphatic hydroxyl groups is 1. The average molecular weight is 383 g/mol. The van der Waals surface area contributed by atoms with Crippen molar-refractivity contribution in [3.8, 4) is 0 Å². The van der Waals surface area contributed by atoms with Gasteiger partial charge in [0.15, 0.2) is 0 Å². The molecule has 3 N–H and O–H groups in total. The number of aliphatic hydroxyl groups excluding tert-OH is 1. The zero-order valence-corrected chi connectivity index (χ0v) is 15.7. The van der Waals surface area contributed by atoms with E-state index >= 15 is 0 Å². The first-order valence-electron chi connectivity index (χ1n) is 7.79. The van der Waals surface area contributed by atoms with Crippen LogP contribution in [0.25, 0.3) is 0 Å². The van der Waals surface area contributed by atoms with Gasteiger partial charge in [0.25, 0.3) is 0 Å². The first-order valence-corrected chi connectivity index (χ1v) is 8.17. The largest absolute Gasteiger partial charge is 0.390 e. The summed E-state index contributed by atoms with van der Waals surface area (Å²) in [7, 11) is 0. The van der Waals surface area contributed by atoms with Gasteiger partial charge in [0.2, 0.25) is 0 Å². The summed E-state index contributed by atoms with van der Waals surface area (Å²) in [5.41, 5.74) is 2.34. The second kappa shape index (κ2) is 9.30. The summed E-state index contributed by atoms with van der Waals surface area (Å²) in [6.45, 7) is 5.68. The van der Waals surface area contributed by atoms with Gasteiger partial charge in [0, 0.05) is 49.0 Å². The van der Waals surface area contributed by atoms with Gasteiger partial charge in [0.05, 0.1) is 6.10 Å². The second-order valence-corrected chi connectivity index (χ2v) is 6.60. The lowest BCUT2D eigenvalue weighted by atomic mass is 10.0. The van der Waals surface area contributed by atoms with Crippen LogP contribution in [0.1, 0.15) is 18.4 Å². The van der Waals surface area contributed by atoms with Crippen LogP contribution < -0.4 is 15.5 Å². The topological polar surface area (TPSA) is 47.5 Å². The molecule has 3 rings (SSSR count). The quantitative estimate of drug-likeness (QED) is 0.751. The lowest BCUT2D eigenvalue weighted by Gasteiger charge is -2.35. The van der Waals surface area contributed by atoms with E-state index in [-0.39, 0.29) is 37.0 Å². The van der Waals surface area contributed by atoms with Gasteiger partial charge in [0.1, 0.15) is 0 Å². The molecule has 0 bridgehead atoms. The number of nitrogens with zero attached hydrogens (tertiary/aromatic N) is 1. The lowest BCUT2D eigenvalue weighted by molar-refractivity contribution is 0.153. The van der Waals surface area contributed by atoms with Crippen molar-refractivity contribution in [3.63, 3.8) is 0 Å². The number of benzene rings is 1. The highest BCUT2D eigenvalue weighted by Gasteiger charge is 2.28. The van der Waals surface area contributed by atoms with Gasteiger partial charge in [-0.2, -0.15) is 0 Å². The Morgan fingerprint density at radius 3 is 2.48 bits per heavy atom. The van der Waals surface area contributed by atoms with E-state index in [1.807, 2.05) is 6.92 Å². The number of halogens is 3. The van der Waals surface area contributed by atoms with E-state index in [1.54, 1.807) is 0 Å². The maximum Gasteiger partial charge on any atom is 0.0829 e. The number of aryl methyl sites for hydroxylation is 1. The van der Waals surface area contributed by atoms with Crippen LogP contribution >= 0.6 is 36.4 Å². The molecule has 2 heterocycles. The van der Waals surface area contributed by atoms with E-state index in [0.717, 1.165) is 43.1 Å². The molecule has 23 heavy (non-hydrogen) atoms. The Balaban J connectivity index is 0.00000132. The fourth-order valence-electron chi connectivity index (χ4n) is 3.22. The van der Waals surface area contributed by atoms with E-state index in [4.69, 9.17) is 11.6 Å². The maximum atomic E-state index is 9.86. The smallest absolute Gasteiger partial charge is 0.0829 e. The molecule has 2 saturated heterocycles. The third kappa shape index (κ3) is 5.12. The predicted octanol–water partition coefficient (Wildman–Crippen LogP) is 2.38. The Labute approximate surface area is 155 Å². The van der Waals surface area contributed by atoms with Gasteiger partial charge in [-0.3, -0.25) is 0 Å². The van der Waals surface area contributed by atoms with Crippen LogP contribution in [-0.4, -0.2) is 49.5 Å². The first kappa shape index (κ1) is 20.8. The molecule has 2 fully saturated rings. The number of hydrogen-bond donors (Lipinski definition) is 3. The lowest BCUT2D eigenvalue weighted by Crippen LogP contribution is -2.50. The standard InChI is InChI=1S/C16H24ClN3O.2ClH/c1-11-2-3-13(8-14(11)17)20-6-4-12(5-7-20)19-15-9-18-10-16(15)21;;/h2-3,8,12,15-16,18-19,21H,4-7,9-10H2,1H3;2*1H/t15-,16-;;/m1../s1. The fraction of sp³-hybridized carbons (Fsp3) is 0.625. The minimum Gasteiger partial charge on any atom is -0.390 e. The molecular weight excluding hydrogens is 357 g/mol. The molecule has 2 aliphatic rings. The Hall–Kier alpha value is -0.230. The molecule has 132 valence electrons. The van der Waals surface area contributed by atoms with Crippen molar-refractivity contribution in [3.05, 3.63) is 28.8 Å². The Morgan fingerprint density at radius 2 is 1.91 bits per heavy atom. The van der Waals surface area contributed by atoms with Gasteiger partial charge in [-0.15, -0.1) is 24.8 Å². The number of rotatable bonds is 3. The van der Waals surface area contributed by atoms with E-state index in [1.165, 1.54) is 5.69 Å². The molecule has 4 nitrogen and oxygen atoms in total. The molecule has 0 aromatic heterocycles. The van der Waals surface area contributed by atoms with Crippen LogP contribution in [0.2, 0.25) is 5.02 Å². The number of anilines is 1. The highest BCUT2D eigenvalue weighted by molar-refractivity contribution is 6.31. The molecule has 0 aliphatic carbocycles. The summed E-state index contributed by atoms with van der Waals surface area (Å²) < 4.78 is 0. The molecule has 1 aromatic carbocycles. The summed E-state index contributed by atoms with van der Waals surface area (Å²) in [5.74, 6) is 0. The summed E-state index contributed by atoms with van der Waals surface area (Å²) >= 11 is 6.22. The van der Waals surface area contributed by atoms with Crippen LogP contribution in [-0.2, 0) is 0 Å². The Kier molecular flexibility index (Phi) is 8.42. The third-order valence-electron chi connectivity index (χ3n) is 4.65. The van der Waals surface area contributed by atoms with Crippen LogP contribution in [0.5, 0.6) is 0 Å². The first-order chi connectivity index (χ1) is 10.1. The molecule has 0 spiro atoms. The van der Waals surface area contributed by atoms with E-state index in [2.05, 4.69) is 33.7 Å². The van der Waals surface area contributed by atoms with Gasteiger partial charge in [-0.1, -0.05) is 17.7 Å². The fourth-order valence-corrected chi connectivity index (χ4v) is 3.40. The van der Waals surface area contributed by atoms with Crippen molar-refractivity contribution >= 4 is 42.1 Å². The van der Waals surface area contributed by atoms with Crippen molar-refractivity contribution in [1.29, 1.82) is 0 Å². The van der Waals surface area contributed by atoms with Gasteiger partial charge in [-0.05, 0) is 37.5 Å². The Bertz CT molecular complexity index is 495. The average Bonchev–Trinajstić information content (AvgIpc) is 2.88. The number of β-amino-alcohol motifs (C(OH)–C–C–N with tert-alkyl or cyclic N) is 1. The SMILES string of the molecule is Cc1ccc(N2CCC(N[C@@H]3CNC[C@H]3O)CC2)cc1Cl.Cl.Cl. The monoisotopic (exact) mass is 381 g/mol. The minimum atomic E-state index is -0.251. The number of nitrogens with one attached hydrogen (secondary N) is 2. The summed E-state index contributed by atoms with van der Waals surface area (Å²) in [6.07, 6.45) is 1.96. The molecule has 0 saturated carbocycles. The minimum absolute atomic E-state index is 0. The van der Waals surface area contributed by atoms with Crippen molar-refractivity contribution in [2.75, 3.05) is 31.1 Å². The summed E-state index contributed by atoms with van der Waals surface area (Å²) in [5, 5.41) is 17.5. The van der Waals surface area contributed by atoms with Crippen LogP contribution in [0.4, 0.5) is 5.69 Å². The number of hydrogen-bond acceptors (Lipinski definition) is 4. The molecule has 7 heteroatoms. The normalized spacial score (nSPS) is 24.9. The van der Waals surface area contributed by atoms with E-state index in [0.29, 0.717) is 12.6 Å². The van der Waals surface area contributed by atoms with Crippen LogP contribution in [0.3, 0.4) is 0 Å². The molecule has 2 atom stereocenters. The molecule has 1 aromatic rings. The van der Waals surface area contributed by atoms with Crippen LogP contribution in [0.15, 0.2) is 18.2 Å². The summed E-state index contributed by atoms with van der Waals surface area (Å²) in [6, 6.07) is 7.01. The summed E-state index contributed by atoms with van der Waals surface area (Å²) in [4.78, 5) is 2.40. The maximum absolute atomic E-state index is 9.86. The van der Waals surface area contributed by atoms with Crippen molar-refractivity contribution < 1.29 is 5.11 Å². The molecule has 0 amide bonds. The van der Waals surface area contributed by atoms with Crippen molar-refractivity contribution in [2.45, 2.75) is 38.0 Å². The zero-order chi connectivity index (χ0) is 14.8. The highest BCUT2D eigenvalue weighted by atomic mass is 35.5. The molecule has 0 radical (unpaired) electrons. The van der Waals surface area contributed by atoms with Crippen molar-refractivity contribution in [2.24, 2.45) is 0 Å².